The third kappa shape index (κ3) is 2.70. The first-order valence-corrected chi connectivity index (χ1v) is 9.12. The fourth-order valence-electron chi connectivity index (χ4n) is 3.73. The van der Waals surface area contributed by atoms with Crippen molar-refractivity contribution in [1.29, 1.82) is 0 Å². The number of carbonyl (C=O) groups excluding carboxylic acids is 1. The summed E-state index contributed by atoms with van der Waals surface area (Å²) in [5.41, 5.74) is 3.56. The van der Waals surface area contributed by atoms with Crippen LogP contribution in [0.1, 0.15) is 27.3 Å². The van der Waals surface area contributed by atoms with E-state index in [1.165, 1.54) is 16.3 Å². The number of benzene rings is 2. The van der Waals surface area contributed by atoms with Crippen molar-refractivity contribution in [2.45, 2.75) is 19.9 Å². The summed E-state index contributed by atoms with van der Waals surface area (Å²) in [5, 5.41) is 4.37. The maximum atomic E-state index is 14.1. The van der Waals surface area contributed by atoms with Gasteiger partial charge in [0.2, 0.25) is 6.79 Å². The molecule has 2 aromatic carbocycles. The minimum absolute atomic E-state index is 0.165. The lowest BCUT2D eigenvalue weighted by Crippen LogP contribution is -2.36. The van der Waals surface area contributed by atoms with E-state index in [0.717, 1.165) is 17.7 Å². The Labute approximate surface area is 161 Å². The van der Waals surface area contributed by atoms with Gasteiger partial charge in [0.15, 0.2) is 17.2 Å². The van der Waals surface area contributed by atoms with Crippen molar-refractivity contribution in [1.82, 2.24) is 14.7 Å². The molecule has 1 amide bonds. The van der Waals surface area contributed by atoms with E-state index in [-0.39, 0.29) is 18.5 Å². The number of rotatable bonds is 2. The van der Waals surface area contributed by atoms with Gasteiger partial charge in [0.1, 0.15) is 11.5 Å². The van der Waals surface area contributed by atoms with E-state index in [4.69, 9.17) is 9.47 Å². The lowest BCUT2D eigenvalue weighted by molar-refractivity contribution is 0.0728. The van der Waals surface area contributed by atoms with Gasteiger partial charge in [-0.3, -0.25) is 4.79 Å². The summed E-state index contributed by atoms with van der Waals surface area (Å²) in [6.07, 6.45) is 0.741. The van der Waals surface area contributed by atoms with Crippen LogP contribution in [0.15, 0.2) is 42.5 Å². The van der Waals surface area contributed by atoms with Gasteiger partial charge >= 0.3 is 0 Å². The standard InChI is InChI=1S/C21H18FN3O3/c1-13-8-17(23-25(13)18-5-3-2-4-16(18)22)21(26)24-7-6-14-9-19-20(28-12-27-19)10-15(14)11-24/h2-5,8-10H,6-7,11-12H2,1H3. The molecule has 0 unspecified atom stereocenters. The van der Waals surface area contributed by atoms with Gasteiger partial charge in [-0.1, -0.05) is 12.1 Å². The number of hydrogen-bond acceptors (Lipinski definition) is 4. The van der Waals surface area contributed by atoms with Gasteiger partial charge in [0, 0.05) is 18.8 Å². The molecule has 28 heavy (non-hydrogen) atoms. The van der Waals surface area contributed by atoms with E-state index in [0.29, 0.717) is 35.9 Å². The van der Waals surface area contributed by atoms with Crippen LogP contribution in [0.4, 0.5) is 4.39 Å². The van der Waals surface area contributed by atoms with Crippen LogP contribution in [-0.2, 0) is 13.0 Å². The first-order valence-electron chi connectivity index (χ1n) is 9.12. The summed E-state index contributed by atoms with van der Waals surface area (Å²) in [7, 11) is 0. The van der Waals surface area contributed by atoms with E-state index >= 15 is 0 Å². The molecule has 0 bridgehead atoms. The van der Waals surface area contributed by atoms with Gasteiger partial charge in [-0.25, -0.2) is 9.07 Å². The molecular weight excluding hydrogens is 361 g/mol. The first-order chi connectivity index (χ1) is 13.6. The molecule has 0 aliphatic carbocycles. The Morgan fingerprint density at radius 2 is 1.86 bits per heavy atom. The zero-order valence-electron chi connectivity index (χ0n) is 15.3. The van der Waals surface area contributed by atoms with Crippen molar-refractivity contribution in [3.8, 4) is 17.2 Å². The average molecular weight is 379 g/mol. The van der Waals surface area contributed by atoms with Crippen LogP contribution < -0.4 is 9.47 Å². The number of carbonyl (C=O) groups is 1. The van der Waals surface area contributed by atoms with E-state index in [9.17, 15) is 9.18 Å². The summed E-state index contributed by atoms with van der Waals surface area (Å²) in [6.45, 7) is 3.11. The van der Waals surface area contributed by atoms with Crippen LogP contribution in [0.2, 0.25) is 0 Å². The second kappa shape index (κ2) is 6.37. The average Bonchev–Trinajstić information content (AvgIpc) is 3.31. The number of amides is 1. The SMILES string of the molecule is Cc1cc(C(=O)N2CCc3cc4c(cc3C2)OCO4)nn1-c1ccccc1F. The molecular formula is C21H18FN3O3. The number of halogens is 1. The smallest absolute Gasteiger partial charge is 0.274 e. The quantitative estimate of drug-likeness (QED) is 0.686. The summed E-state index contributed by atoms with van der Waals surface area (Å²) in [4.78, 5) is 14.8. The monoisotopic (exact) mass is 379 g/mol. The highest BCUT2D eigenvalue weighted by Crippen LogP contribution is 2.37. The Kier molecular flexibility index (Phi) is 3.82. The van der Waals surface area contributed by atoms with Crippen LogP contribution in [-0.4, -0.2) is 33.9 Å². The number of nitrogens with zero attached hydrogens (tertiary/aromatic N) is 3. The minimum atomic E-state index is -0.379. The second-order valence-electron chi connectivity index (χ2n) is 6.99. The Balaban J connectivity index is 1.42. The van der Waals surface area contributed by atoms with Crippen LogP contribution in [0.5, 0.6) is 11.5 Å². The van der Waals surface area contributed by atoms with E-state index in [1.807, 2.05) is 19.1 Å². The zero-order valence-corrected chi connectivity index (χ0v) is 15.3. The molecule has 0 atom stereocenters. The molecule has 2 aliphatic rings. The fraction of sp³-hybridized carbons (Fsp3) is 0.238. The van der Waals surface area contributed by atoms with Crippen LogP contribution in [0, 0.1) is 12.7 Å². The van der Waals surface area contributed by atoms with Crippen molar-refractivity contribution in [2.24, 2.45) is 0 Å². The zero-order chi connectivity index (χ0) is 19.3. The van der Waals surface area contributed by atoms with Gasteiger partial charge in [-0.15, -0.1) is 0 Å². The molecule has 1 aromatic heterocycles. The summed E-state index contributed by atoms with van der Waals surface area (Å²) < 4.78 is 26.5. The number of fused-ring (bicyclic) bond motifs is 2. The number of ether oxygens (including phenoxy) is 2. The third-order valence-electron chi connectivity index (χ3n) is 5.18. The fourth-order valence-corrected chi connectivity index (χ4v) is 3.73. The van der Waals surface area contributed by atoms with Crippen molar-refractivity contribution in [2.75, 3.05) is 13.3 Å². The van der Waals surface area contributed by atoms with Crippen LogP contribution >= 0.6 is 0 Å². The molecule has 5 rings (SSSR count). The lowest BCUT2D eigenvalue weighted by Gasteiger charge is -2.28. The number of aromatic nitrogens is 2. The van der Waals surface area contributed by atoms with E-state index in [2.05, 4.69) is 5.10 Å². The number of para-hydroxylation sites is 1. The minimum Gasteiger partial charge on any atom is -0.454 e. The topological polar surface area (TPSA) is 56.6 Å². The molecule has 0 fully saturated rings. The van der Waals surface area contributed by atoms with Gasteiger partial charge < -0.3 is 14.4 Å². The molecule has 142 valence electrons. The van der Waals surface area contributed by atoms with Crippen molar-refractivity contribution < 1.29 is 18.7 Å². The largest absolute Gasteiger partial charge is 0.454 e. The third-order valence-corrected chi connectivity index (χ3v) is 5.18. The molecule has 7 heteroatoms. The Bertz CT molecular complexity index is 1090. The Morgan fingerprint density at radius 3 is 2.64 bits per heavy atom. The Hall–Kier alpha value is -3.35. The molecule has 2 aliphatic heterocycles. The maximum Gasteiger partial charge on any atom is 0.274 e. The summed E-state index contributed by atoms with van der Waals surface area (Å²) in [6, 6.07) is 12.0. The number of aryl methyl sites for hydroxylation is 1. The van der Waals surface area contributed by atoms with Crippen molar-refractivity contribution in [3.63, 3.8) is 0 Å². The molecule has 0 saturated heterocycles. The molecule has 6 nitrogen and oxygen atoms in total. The van der Waals surface area contributed by atoms with Crippen molar-refractivity contribution in [3.05, 3.63) is 70.8 Å². The highest BCUT2D eigenvalue weighted by atomic mass is 19.1. The predicted molar refractivity (Wildman–Crippen MR) is 99.3 cm³/mol. The Morgan fingerprint density at radius 1 is 1.11 bits per heavy atom. The molecule has 3 heterocycles. The molecule has 0 N–H and O–H groups in total. The van der Waals surface area contributed by atoms with Crippen LogP contribution in [0.25, 0.3) is 5.69 Å². The second-order valence-corrected chi connectivity index (χ2v) is 6.99. The first kappa shape index (κ1) is 16.8. The highest BCUT2D eigenvalue weighted by Gasteiger charge is 2.27. The highest BCUT2D eigenvalue weighted by molar-refractivity contribution is 5.92. The summed E-state index contributed by atoms with van der Waals surface area (Å²) >= 11 is 0. The lowest BCUT2D eigenvalue weighted by atomic mass is 9.98. The molecule has 0 spiro atoms. The van der Waals surface area contributed by atoms with E-state index in [1.54, 1.807) is 29.2 Å². The summed E-state index contributed by atoms with van der Waals surface area (Å²) in [5.74, 6) is 0.933. The van der Waals surface area contributed by atoms with E-state index < -0.39 is 0 Å². The van der Waals surface area contributed by atoms with Crippen molar-refractivity contribution >= 4 is 5.91 Å². The molecule has 0 radical (unpaired) electrons. The van der Waals surface area contributed by atoms with Crippen LogP contribution in [0.3, 0.4) is 0 Å². The van der Waals surface area contributed by atoms with Gasteiger partial charge in [-0.05, 0) is 54.8 Å². The van der Waals surface area contributed by atoms with Gasteiger partial charge in [0.05, 0.1) is 0 Å². The van der Waals surface area contributed by atoms with Gasteiger partial charge in [0.25, 0.3) is 5.91 Å². The predicted octanol–water partition coefficient (Wildman–Crippen LogP) is 3.25. The normalized spacial score (nSPS) is 14.9. The molecule has 0 saturated carbocycles. The maximum absolute atomic E-state index is 14.1. The molecule has 3 aromatic rings. The number of hydrogen-bond donors (Lipinski definition) is 0. The van der Waals surface area contributed by atoms with Gasteiger partial charge in [-0.2, -0.15) is 5.10 Å².